The highest BCUT2D eigenvalue weighted by Gasteiger charge is 2.17. The van der Waals surface area contributed by atoms with Crippen LogP contribution in [0.1, 0.15) is 17.2 Å². The lowest BCUT2D eigenvalue weighted by Crippen LogP contribution is -2.30. The van der Waals surface area contributed by atoms with Gasteiger partial charge in [-0.2, -0.15) is 0 Å². The molecule has 1 atom stereocenters. The largest absolute Gasteiger partial charge is 0.496 e. The van der Waals surface area contributed by atoms with Crippen molar-refractivity contribution in [3.63, 3.8) is 0 Å². The van der Waals surface area contributed by atoms with Crippen LogP contribution in [0.15, 0.2) is 36.4 Å². The van der Waals surface area contributed by atoms with E-state index in [1.54, 1.807) is 25.3 Å². The number of nitrogens with one attached hydrogen (secondary N) is 1. The van der Waals surface area contributed by atoms with Crippen molar-refractivity contribution in [1.29, 1.82) is 0 Å². The highest BCUT2D eigenvalue weighted by molar-refractivity contribution is 6.42. The average molecular weight is 346 g/mol. The normalized spacial score (nSPS) is 12.2. The van der Waals surface area contributed by atoms with E-state index in [1.807, 2.05) is 18.2 Å². The predicted octanol–water partition coefficient (Wildman–Crippen LogP) is 4.40. The molecule has 0 heterocycles. The average Bonchev–Trinajstić information content (AvgIpc) is 2.49. The third-order valence-electron chi connectivity index (χ3n) is 3.23. The summed E-state index contributed by atoms with van der Waals surface area (Å²) in [4.78, 5) is 0. The maximum absolute atomic E-state index is 6.23. The van der Waals surface area contributed by atoms with Crippen molar-refractivity contribution in [3.8, 4) is 5.75 Å². The first-order chi connectivity index (χ1) is 10.1. The van der Waals surface area contributed by atoms with Crippen molar-refractivity contribution in [2.75, 3.05) is 7.11 Å². The van der Waals surface area contributed by atoms with Gasteiger partial charge in [-0.1, -0.05) is 53.0 Å². The minimum Gasteiger partial charge on any atom is -0.496 e. The van der Waals surface area contributed by atoms with E-state index in [1.165, 1.54) is 0 Å². The van der Waals surface area contributed by atoms with E-state index in [2.05, 4.69) is 5.43 Å². The lowest BCUT2D eigenvalue weighted by molar-refractivity contribution is 0.399. The van der Waals surface area contributed by atoms with Crippen LogP contribution in [-0.4, -0.2) is 7.11 Å². The zero-order valence-corrected chi connectivity index (χ0v) is 13.6. The van der Waals surface area contributed by atoms with Crippen LogP contribution < -0.4 is 16.0 Å². The first-order valence-corrected chi connectivity index (χ1v) is 7.42. The molecule has 2 aromatic rings. The van der Waals surface area contributed by atoms with Gasteiger partial charge < -0.3 is 4.74 Å². The Bertz CT molecular complexity index is 634. The molecule has 0 aliphatic carbocycles. The van der Waals surface area contributed by atoms with Gasteiger partial charge in [-0.25, -0.2) is 0 Å². The minimum atomic E-state index is -0.173. The molecule has 3 N–H and O–H groups in total. The molecule has 0 fully saturated rings. The molecule has 3 nitrogen and oxygen atoms in total. The fraction of sp³-hybridized carbons (Fsp3) is 0.200. The third kappa shape index (κ3) is 3.82. The van der Waals surface area contributed by atoms with Gasteiger partial charge >= 0.3 is 0 Å². The molecule has 0 radical (unpaired) electrons. The summed E-state index contributed by atoms with van der Waals surface area (Å²) in [6.07, 6.45) is 0.577. The summed E-state index contributed by atoms with van der Waals surface area (Å²) >= 11 is 18.2. The van der Waals surface area contributed by atoms with E-state index in [-0.39, 0.29) is 6.04 Å². The molecule has 0 aliphatic heterocycles. The first-order valence-electron chi connectivity index (χ1n) is 6.29. The van der Waals surface area contributed by atoms with Gasteiger partial charge in [-0.15, -0.1) is 0 Å². The molecule has 0 aromatic heterocycles. The standard InChI is InChI=1S/C15H15Cl3N2O/c1-21-14-8-10(16)5-6-11(14)13(20-19)7-9-3-2-4-12(17)15(9)18/h2-6,8,13,20H,7,19H2,1H3. The number of halogens is 3. The monoisotopic (exact) mass is 344 g/mol. The van der Waals surface area contributed by atoms with Crippen molar-refractivity contribution in [2.24, 2.45) is 5.84 Å². The van der Waals surface area contributed by atoms with Crippen LogP contribution >= 0.6 is 34.8 Å². The number of nitrogens with two attached hydrogens (primary N) is 1. The van der Waals surface area contributed by atoms with E-state index in [9.17, 15) is 0 Å². The van der Waals surface area contributed by atoms with Gasteiger partial charge in [-0.05, 0) is 30.2 Å². The highest BCUT2D eigenvalue weighted by Crippen LogP contribution is 2.33. The number of benzene rings is 2. The molecule has 0 amide bonds. The Morgan fingerprint density at radius 1 is 1.19 bits per heavy atom. The predicted molar refractivity (Wildman–Crippen MR) is 88.2 cm³/mol. The quantitative estimate of drug-likeness (QED) is 0.623. The SMILES string of the molecule is COc1cc(Cl)ccc1C(Cc1cccc(Cl)c1Cl)NN. The number of rotatable bonds is 5. The molecule has 0 bridgehead atoms. The van der Waals surface area contributed by atoms with Crippen molar-refractivity contribution in [2.45, 2.75) is 12.5 Å². The van der Waals surface area contributed by atoms with Crippen LogP contribution in [0.25, 0.3) is 0 Å². The lowest BCUT2D eigenvalue weighted by atomic mass is 9.98. The molecule has 0 spiro atoms. The summed E-state index contributed by atoms with van der Waals surface area (Å²) in [6, 6.07) is 10.8. The molecule has 112 valence electrons. The van der Waals surface area contributed by atoms with Crippen LogP contribution in [0.5, 0.6) is 5.75 Å². The Morgan fingerprint density at radius 3 is 2.62 bits per heavy atom. The molecule has 2 aromatic carbocycles. The van der Waals surface area contributed by atoms with Crippen LogP contribution in [0, 0.1) is 0 Å². The summed E-state index contributed by atoms with van der Waals surface area (Å²) in [5.41, 5.74) is 4.59. The third-order valence-corrected chi connectivity index (χ3v) is 4.32. The topological polar surface area (TPSA) is 47.3 Å². The second kappa shape index (κ2) is 7.34. The first kappa shape index (κ1) is 16.4. The summed E-state index contributed by atoms with van der Waals surface area (Å²) in [7, 11) is 1.59. The van der Waals surface area contributed by atoms with Gasteiger partial charge in [0.1, 0.15) is 5.75 Å². The summed E-state index contributed by atoms with van der Waals surface area (Å²) in [5.74, 6) is 6.36. The Hall–Kier alpha value is -0.970. The van der Waals surface area contributed by atoms with Gasteiger partial charge in [0.15, 0.2) is 0 Å². The molecule has 0 saturated heterocycles. The van der Waals surface area contributed by atoms with Crippen LogP contribution in [-0.2, 0) is 6.42 Å². The Balaban J connectivity index is 2.34. The maximum atomic E-state index is 6.23. The summed E-state index contributed by atoms with van der Waals surface area (Å²) in [5, 5.41) is 1.66. The number of hydrogen-bond acceptors (Lipinski definition) is 3. The Labute approximate surface area is 138 Å². The van der Waals surface area contributed by atoms with Crippen molar-refractivity contribution in [3.05, 3.63) is 62.6 Å². The fourth-order valence-corrected chi connectivity index (χ4v) is 2.72. The van der Waals surface area contributed by atoms with Crippen molar-refractivity contribution >= 4 is 34.8 Å². The van der Waals surface area contributed by atoms with Crippen LogP contribution in [0.2, 0.25) is 15.1 Å². The lowest BCUT2D eigenvalue weighted by Gasteiger charge is -2.20. The molecule has 0 saturated carbocycles. The molecular weight excluding hydrogens is 331 g/mol. The molecule has 1 unspecified atom stereocenters. The smallest absolute Gasteiger partial charge is 0.125 e. The minimum absolute atomic E-state index is 0.173. The number of methoxy groups -OCH3 is 1. The zero-order chi connectivity index (χ0) is 15.4. The number of hydrogen-bond donors (Lipinski definition) is 2. The second-order valence-corrected chi connectivity index (χ2v) is 5.74. The van der Waals surface area contributed by atoms with E-state index in [0.717, 1.165) is 11.1 Å². The zero-order valence-electron chi connectivity index (χ0n) is 11.4. The number of hydrazine groups is 1. The van der Waals surface area contributed by atoms with Gasteiger partial charge in [0, 0.05) is 10.6 Å². The highest BCUT2D eigenvalue weighted by atomic mass is 35.5. The van der Waals surface area contributed by atoms with E-state index in [4.69, 9.17) is 45.4 Å². The van der Waals surface area contributed by atoms with E-state index >= 15 is 0 Å². The van der Waals surface area contributed by atoms with Gasteiger partial charge in [0.2, 0.25) is 0 Å². The second-order valence-electron chi connectivity index (χ2n) is 4.52. The molecule has 6 heteroatoms. The summed E-state index contributed by atoms with van der Waals surface area (Å²) < 4.78 is 5.36. The van der Waals surface area contributed by atoms with Crippen molar-refractivity contribution in [1.82, 2.24) is 5.43 Å². The Kier molecular flexibility index (Phi) is 5.73. The summed E-state index contributed by atoms with van der Waals surface area (Å²) in [6.45, 7) is 0. The molecular formula is C15H15Cl3N2O. The van der Waals surface area contributed by atoms with E-state index < -0.39 is 0 Å². The van der Waals surface area contributed by atoms with Gasteiger partial charge in [0.25, 0.3) is 0 Å². The van der Waals surface area contributed by atoms with Gasteiger partial charge in [0.05, 0.1) is 23.2 Å². The van der Waals surface area contributed by atoms with Crippen molar-refractivity contribution < 1.29 is 4.74 Å². The molecule has 0 aliphatic rings. The fourth-order valence-electron chi connectivity index (χ4n) is 2.16. The molecule has 21 heavy (non-hydrogen) atoms. The van der Waals surface area contributed by atoms with E-state index in [0.29, 0.717) is 27.2 Å². The Morgan fingerprint density at radius 2 is 1.95 bits per heavy atom. The maximum Gasteiger partial charge on any atom is 0.125 e. The molecule has 2 rings (SSSR count). The van der Waals surface area contributed by atoms with Gasteiger partial charge in [-0.3, -0.25) is 11.3 Å². The van der Waals surface area contributed by atoms with Crippen LogP contribution in [0.3, 0.4) is 0 Å². The number of ether oxygens (including phenoxy) is 1. The van der Waals surface area contributed by atoms with Crippen LogP contribution in [0.4, 0.5) is 0 Å².